The van der Waals surface area contributed by atoms with E-state index in [9.17, 15) is 9.59 Å². The molecule has 3 aromatic carbocycles. The van der Waals surface area contributed by atoms with E-state index >= 15 is 0 Å². The molecule has 31 heavy (non-hydrogen) atoms. The lowest BCUT2D eigenvalue weighted by atomic mass is 10.0. The molecule has 1 saturated heterocycles. The first-order valence-electron chi connectivity index (χ1n) is 10.8. The Labute approximate surface area is 182 Å². The predicted molar refractivity (Wildman–Crippen MR) is 121 cm³/mol. The number of carbonyl (C=O) groups is 2. The normalized spacial score (nSPS) is 15.9. The largest absolute Gasteiger partial charge is 0.343 e. The third-order valence-electron chi connectivity index (χ3n) is 6.27. The minimum Gasteiger partial charge on any atom is -0.343 e. The Balaban J connectivity index is 1.22. The van der Waals surface area contributed by atoms with Gasteiger partial charge in [0.15, 0.2) is 0 Å². The molecule has 2 aliphatic rings. The van der Waals surface area contributed by atoms with Gasteiger partial charge < -0.3 is 10.2 Å². The Bertz CT molecular complexity index is 1060. The van der Waals surface area contributed by atoms with Crippen LogP contribution in [-0.2, 0) is 4.79 Å². The van der Waals surface area contributed by atoms with Gasteiger partial charge >= 0.3 is 0 Å². The molecule has 0 saturated carbocycles. The number of hydrogen-bond donors (Lipinski definition) is 1. The van der Waals surface area contributed by atoms with Crippen LogP contribution in [0.3, 0.4) is 0 Å². The monoisotopic (exact) mass is 411 g/mol. The van der Waals surface area contributed by atoms with Gasteiger partial charge in [0.25, 0.3) is 5.91 Å². The minimum absolute atomic E-state index is 0.0306. The van der Waals surface area contributed by atoms with Crippen LogP contribution in [0.25, 0.3) is 11.1 Å². The van der Waals surface area contributed by atoms with E-state index in [1.165, 1.54) is 22.3 Å². The minimum atomic E-state index is -0.216. The summed E-state index contributed by atoms with van der Waals surface area (Å²) in [6.07, 6.45) is 0. The topological polar surface area (TPSA) is 52.7 Å². The summed E-state index contributed by atoms with van der Waals surface area (Å²) in [6.45, 7) is 2.99. The molecule has 1 aliphatic carbocycles. The van der Waals surface area contributed by atoms with Crippen LogP contribution in [0.1, 0.15) is 27.5 Å². The maximum absolute atomic E-state index is 12.7. The predicted octanol–water partition coefficient (Wildman–Crippen LogP) is 3.33. The van der Waals surface area contributed by atoms with Crippen molar-refractivity contribution in [1.29, 1.82) is 0 Å². The fraction of sp³-hybridized carbons (Fsp3) is 0.231. The Morgan fingerprint density at radius 2 is 1.29 bits per heavy atom. The molecule has 1 N–H and O–H groups in total. The number of carbonyl (C=O) groups excluding carboxylic acids is 2. The van der Waals surface area contributed by atoms with E-state index < -0.39 is 0 Å². The van der Waals surface area contributed by atoms with Crippen molar-refractivity contribution in [3.63, 3.8) is 0 Å². The molecule has 1 fully saturated rings. The highest BCUT2D eigenvalue weighted by atomic mass is 16.2. The Hall–Kier alpha value is -3.44. The van der Waals surface area contributed by atoms with Crippen molar-refractivity contribution in [3.8, 4) is 11.1 Å². The Kier molecular flexibility index (Phi) is 5.26. The van der Waals surface area contributed by atoms with E-state index in [4.69, 9.17) is 0 Å². The van der Waals surface area contributed by atoms with Crippen LogP contribution < -0.4 is 5.32 Å². The first-order valence-corrected chi connectivity index (χ1v) is 10.8. The standard InChI is InChI=1S/C26H25N3O2/c30-24(18-27-26(31)19-8-2-1-3-9-19)28-14-16-29(17-15-28)25-22-12-6-4-10-20(22)21-11-5-7-13-23(21)25/h1-13,25H,14-18H2,(H,27,31). The lowest BCUT2D eigenvalue weighted by Gasteiger charge is -2.38. The van der Waals surface area contributed by atoms with Crippen LogP contribution in [0.2, 0.25) is 0 Å². The van der Waals surface area contributed by atoms with Gasteiger partial charge in [-0.3, -0.25) is 14.5 Å². The summed E-state index contributed by atoms with van der Waals surface area (Å²) in [5.74, 6) is -0.247. The molecule has 3 aromatic rings. The van der Waals surface area contributed by atoms with Gasteiger partial charge in [-0.05, 0) is 34.4 Å². The molecule has 2 amide bonds. The second-order valence-corrected chi connectivity index (χ2v) is 8.04. The van der Waals surface area contributed by atoms with Crippen molar-refractivity contribution >= 4 is 11.8 Å². The van der Waals surface area contributed by atoms with Crippen molar-refractivity contribution < 1.29 is 9.59 Å². The summed E-state index contributed by atoms with van der Waals surface area (Å²) in [5, 5.41) is 2.74. The van der Waals surface area contributed by atoms with Crippen molar-refractivity contribution in [2.24, 2.45) is 0 Å². The average molecular weight is 412 g/mol. The summed E-state index contributed by atoms with van der Waals surface area (Å²) in [7, 11) is 0. The number of amides is 2. The highest BCUT2D eigenvalue weighted by Crippen LogP contribution is 2.46. The summed E-state index contributed by atoms with van der Waals surface area (Å²) in [4.78, 5) is 29.2. The highest BCUT2D eigenvalue weighted by Gasteiger charge is 2.34. The highest BCUT2D eigenvalue weighted by molar-refractivity contribution is 5.96. The molecule has 0 unspecified atom stereocenters. The van der Waals surface area contributed by atoms with Crippen LogP contribution in [0.5, 0.6) is 0 Å². The van der Waals surface area contributed by atoms with E-state index in [2.05, 4.69) is 58.7 Å². The molecule has 5 nitrogen and oxygen atoms in total. The third kappa shape index (κ3) is 3.73. The van der Waals surface area contributed by atoms with Crippen LogP contribution in [0, 0.1) is 0 Å². The number of nitrogens with one attached hydrogen (secondary N) is 1. The molecule has 5 heteroatoms. The second-order valence-electron chi connectivity index (χ2n) is 8.04. The van der Waals surface area contributed by atoms with Gasteiger partial charge in [-0.25, -0.2) is 0 Å². The molecule has 0 atom stereocenters. The SMILES string of the molecule is O=C(NCC(=O)N1CCN(C2c3ccccc3-c3ccccc32)CC1)c1ccccc1. The van der Waals surface area contributed by atoms with E-state index in [-0.39, 0.29) is 24.4 Å². The van der Waals surface area contributed by atoms with E-state index in [0.717, 1.165) is 13.1 Å². The first-order chi connectivity index (χ1) is 15.2. The number of hydrogen-bond acceptors (Lipinski definition) is 3. The molecule has 0 spiro atoms. The molecular formula is C26H25N3O2. The fourth-order valence-electron chi connectivity index (χ4n) is 4.71. The summed E-state index contributed by atoms with van der Waals surface area (Å²) < 4.78 is 0. The molecule has 0 radical (unpaired) electrons. The molecule has 0 bridgehead atoms. The maximum atomic E-state index is 12.7. The lowest BCUT2D eigenvalue weighted by molar-refractivity contribution is -0.132. The molecule has 1 heterocycles. The second kappa shape index (κ2) is 8.36. The summed E-state index contributed by atoms with van der Waals surface area (Å²) in [6, 6.07) is 26.5. The van der Waals surface area contributed by atoms with Gasteiger partial charge in [-0.1, -0.05) is 66.7 Å². The van der Waals surface area contributed by atoms with E-state index in [1.807, 2.05) is 23.1 Å². The van der Waals surface area contributed by atoms with Crippen molar-refractivity contribution in [3.05, 3.63) is 95.6 Å². The van der Waals surface area contributed by atoms with E-state index in [1.54, 1.807) is 12.1 Å². The molecule has 0 aromatic heterocycles. The Morgan fingerprint density at radius 1 is 0.742 bits per heavy atom. The van der Waals surface area contributed by atoms with Crippen LogP contribution in [-0.4, -0.2) is 54.3 Å². The summed E-state index contributed by atoms with van der Waals surface area (Å²) >= 11 is 0. The van der Waals surface area contributed by atoms with Crippen LogP contribution in [0.4, 0.5) is 0 Å². The third-order valence-corrected chi connectivity index (χ3v) is 6.27. The van der Waals surface area contributed by atoms with Crippen LogP contribution in [0.15, 0.2) is 78.9 Å². The number of piperazine rings is 1. The zero-order valence-corrected chi connectivity index (χ0v) is 17.3. The van der Waals surface area contributed by atoms with Crippen molar-refractivity contribution in [1.82, 2.24) is 15.1 Å². The first kappa shape index (κ1) is 19.5. The number of rotatable bonds is 4. The van der Waals surface area contributed by atoms with Crippen molar-refractivity contribution in [2.45, 2.75) is 6.04 Å². The van der Waals surface area contributed by atoms with Gasteiger partial charge in [0.2, 0.25) is 5.91 Å². The molecule has 5 rings (SSSR count). The number of benzene rings is 3. The quantitative estimate of drug-likeness (QED) is 0.717. The van der Waals surface area contributed by atoms with Gasteiger partial charge in [0.1, 0.15) is 0 Å². The van der Waals surface area contributed by atoms with Gasteiger partial charge in [-0.15, -0.1) is 0 Å². The zero-order chi connectivity index (χ0) is 21.2. The molecule has 1 aliphatic heterocycles. The number of nitrogens with zero attached hydrogens (tertiary/aromatic N) is 2. The van der Waals surface area contributed by atoms with E-state index in [0.29, 0.717) is 18.7 Å². The molecular weight excluding hydrogens is 386 g/mol. The average Bonchev–Trinajstić information content (AvgIpc) is 3.17. The summed E-state index contributed by atoms with van der Waals surface area (Å²) in [5.41, 5.74) is 5.88. The van der Waals surface area contributed by atoms with Gasteiger partial charge in [0.05, 0.1) is 12.6 Å². The Morgan fingerprint density at radius 3 is 1.90 bits per heavy atom. The van der Waals surface area contributed by atoms with Crippen molar-refractivity contribution in [2.75, 3.05) is 32.7 Å². The number of fused-ring (bicyclic) bond motifs is 3. The van der Waals surface area contributed by atoms with Crippen LogP contribution >= 0.6 is 0 Å². The fourth-order valence-corrected chi connectivity index (χ4v) is 4.71. The maximum Gasteiger partial charge on any atom is 0.251 e. The lowest BCUT2D eigenvalue weighted by Crippen LogP contribution is -2.51. The van der Waals surface area contributed by atoms with Gasteiger partial charge in [-0.2, -0.15) is 0 Å². The zero-order valence-electron chi connectivity index (χ0n) is 17.3. The smallest absolute Gasteiger partial charge is 0.251 e. The molecule has 156 valence electrons. The van der Waals surface area contributed by atoms with Gasteiger partial charge in [0, 0.05) is 31.7 Å².